The van der Waals surface area contributed by atoms with Gasteiger partial charge in [0.25, 0.3) is 0 Å². The monoisotopic (exact) mass is 366 g/mol. The quantitative estimate of drug-likeness (QED) is 0.450. The van der Waals surface area contributed by atoms with Gasteiger partial charge >= 0.3 is 0 Å². The third-order valence-electron chi connectivity index (χ3n) is 2.64. The van der Waals surface area contributed by atoms with Crippen molar-refractivity contribution >= 4 is 29.9 Å². The van der Waals surface area contributed by atoms with Gasteiger partial charge in [0.1, 0.15) is 12.2 Å². The minimum absolute atomic E-state index is 0. The third kappa shape index (κ3) is 5.65. The zero-order valence-corrected chi connectivity index (χ0v) is 13.6. The summed E-state index contributed by atoms with van der Waals surface area (Å²) in [7, 11) is 0. The first kappa shape index (κ1) is 17.1. The molecule has 0 aliphatic heterocycles. The molecule has 0 aliphatic carbocycles. The van der Waals surface area contributed by atoms with Crippen molar-refractivity contribution in [2.45, 2.75) is 46.2 Å². The molecule has 0 fully saturated rings. The van der Waals surface area contributed by atoms with Crippen LogP contribution in [0.3, 0.4) is 0 Å². The second kappa shape index (κ2) is 9.12. The molecule has 1 aromatic heterocycles. The first-order valence-electron chi connectivity index (χ1n) is 6.10. The van der Waals surface area contributed by atoms with Crippen LogP contribution in [-0.4, -0.2) is 33.3 Å². The van der Waals surface area contributed by atoms with Gasteiger partial charge in [-0.05, 0) is 13.3 Å². The number of aromatic nitrogens is 3. The van der Waals surface area contributed by atoms with Crippen LogP contribution in [0.1, 0.15) is 33.0 Å². The van der Waals surface area contributed by atoms with E-state index in [-0.39, 0.29) is 24.0 Å². The third-order valence-corrected chi connectivity index (χ3v) is 2.64. The van der Waals surface area contributed by atoms with Gasteiger partial charge in [-0.2, -0.15) is 0 Å². The molecule has 0 aliphatic rings. The molecular formula is C11H23IN6. The average Bonchev–Trinajstić information content (AvgIpc) is 2.76. The van der Waals surface area contributed by atoms with Crippen LogP contribution in [-0.2, 0) is 13.0 Å². The van der Waals surface area contributed by atoms with Gasteiger partial charge in [-0.3, -0.25) is 4.99 Å². The fourth-order valence-corrected chi connectivity index (χ4v) is 1.42. The van der Waals surface area contributed by atoms with Crippen LogP contribution in [0.15, 0.2) is 11.3 Å². The summed E-state index contributed by atoms with van der Waals surface area (Å²) >= 11 is 0. The summed E-state index contributed by atoms with van der Waals surface area (Å²) in [5, 5.41) is 11.0. The molecule has 7 heteroatoms. The molecule has 1 unspecified atom stereocenters. The lowest BCUT2D eigenvalue weighted by Crippen LogP contribution is -2.38. The minimum atomic E-state index is 0. The van der Waals surface area contributed by atoms with Crippen LogP contribution >= 0.6 is 24.0 Å². The molecule has 0 spiro atoms. The molecule has 0 saturated heterocycles. The molecule has 0 aromatic carbocycles. The van der Waals surface area contributed by atoms with Crippen molar-refractivity contribution in [2.75, 3.05) is 6.54 Å². The van der Waals surface area contributed by atoms with E-state index in [0.29, 0.717) is 18.5 Å². The molecular weight excluding hydrogens is 343 g/mol. The highest BCUT2D eigenvalue weighted by molar-refractivity contribution is 14.0. The van der Waals surface area contributed by atoms with Crippen molar-refractivity contribution in [1.82, 2.24) is 20.1 Å². The van der Waals surface area contributed by atoms with E-state index < -0.39 is 0 Å². The number of aryl methyl sites for hydroxylation is 1. The van der Waals surface area contributed by atoms with Crippen LogP contribution in [0.5, 0.6) is 0 Å². The average molecular weight is 366 g/mol. The predicted molar refractivity (Wildman–Crippen MR) is 84.2 cm³/mol. The Bertz CT molecular complexity index is 362. The maximum Gasteiger partial charge on any atom is 0.188 e. The SMILES string of the molecule is CCc1nncn1CCN=C(N)NC(C)CC.I. The van der Waals surface area contributed by atoms with Gasteiger partial charge in [0, 0.05) is 19.0 Å². The first-order valence-corrected chi connectivity index (χ1v) is 6.10. The zero-order chi connectivity index (χ0) is 12.7. The maximum absolute atomic E-state index is 5.76. The molecule has 0 amide bonds. The van der Waals surface area contributed by atoms with Crippen molar-refractivity contribution in [2.24, 2.45) is 10.7 Å². The summed E-state index contributed by atoms with van der Waals surface area (Å²) < 4.78 is 2.00. The number of aliphatic imine (C=N–C) groups is 1. The second-order valence-corrected chi connectivity index (χ2v) is 4.01. The van der Waals surface area contributed by atoms with Crippen molar-refractivity contribution in [1.29, 1.82) is 0 Å². The highest BCUT2D eigenvalue weighted by Crippen LogP contribution is 1.95. The number of nitrogens with two attached hydrogens (primary N) is 1. The zero-order valence-electron chi connectivity index (χ0n) is 11.3. The van der Waals surface area contributed by atoms with Gasteiger partial charge < -0.3 is 15.6 Å². The van der Waals surface area contributed by atoms with Gasteiger partial charge in [0.05, 0.1) is 6.54 Å². The molecule has 0 radical (unpaired) electrons. The molecule has 1 atom stereocenters. The Balaban J connectivity index is 0.00000289. The minimum Gasteiger partial charge on any atom is -0.370 e. The van der Waals surface area contributed by atoms with Crippen LogP contribution in [0.2, 0.25) is 0 Å². The van der Waals surface area contributed by atoms with Crippen LogP contribution in [0, 0.1) is 0 Å². The Morgan fingerprint density at radius 1 is 1.56 bits per heavy atom. The summed E-state index contributed by atoms with van der Waals surface area (Å²) in [6, 6.07) is 0.361. The van der Waals surface area contributed by atoms with Crippen LogP contribution in [0.25, 0.3) is 0 Å². The van der Waals surface area contributed by atoms with Gasteiger partial charge in [0.15, 0.2) is 5.96 Å². The number of nitrogens with one attached hydrogen (secondary N) is 1. The van der Waals surface area contributed by atoms with Crippen molar-refractivity contribution < 1.29 is 0 Å². The summed E-state index contributed by atoms with van der Waals surface area (Å²) in [5.74, 6) is 1.49. The van der Waals surface area contributed by atoms with Gasteiger partial charge in [-0.1, -0.05) is 13.8 Å². The predicted octanol–water partition coefficient (Wildman–Crippen LogP) is 1.16. The molecule has 1 heterocycles. The fraction of sp³-hybridized carbons (Fsp3) is 0.727. The lowest BCUT2D eigenvalue weighted by Gasteiger charge is -2.11. The maximum atomic E-state index is 5.76. The fourth-order valence-electron chi connectivity index (χ4n) is 1.42. The Morgan fingerprint density at radius 2 is 2.28 bits per heavy atom. The highest BCUT2D eigenvalue weighted by atomic mass is 127. The smallest absolute Gasteiger partial charge is 0.188 e. The molecule has 0 saturated carbocycles. The first-order chi connectivity index (χ1) is 8.17. The van der Waals surface area contributed by atoms with E-state index in [2.05, 4.69) is 41.3 Å². The number of halogens is 1. The number of hydrogen-bond acceptors (Lipinski definition) is 3. The highest BCUT2D eigenvalue weighted by Gasteiger charge is 2.01. The summed E-state index contributed by atoms with van der Waals surface area (Å²) in [6.45, 7) is 7.65. The van der Waals surface area contributed by atoms with Crippen molar-refractivity contribution in [3.8, 4) is 0 Å². The van der Waals surface area contributed by atoms with E-state index in [1.165, 1.54) is 0 Å². The van der Waals surface area contributed by atoms with Crippen LogP contribution in [0.4, 0.5) is 0 Å². The molecule has 1 rings (SSSR count). The Labute approximate surface area is 125 Å². The lowest BCUT2D eigenvalue weighted by molar-refractivity contribution is 0.628. The Kier molecular flexibility index (Phi) is 8.69. The van der Waals surface area contributed by atoms with E-state index >= 15 is 0 Å². The summed E-state index contributed by atoms with van der Waals surface area (Å²) in [6.07, 6.45) is 3.64. The second-order valence-electron chi connectivity index (χ2n) is 4.01. The largest absolute Gasteiger partial charge is 0.370 e. The molecule has 104 valence electrons. The van der Waals surface area contributed by atoms with Crippen molar-refractivity contribution in [3.05, 3.63) is 12.2 Å². The van der Waals surface area contributed by atoms with E-state index in [4.69, 9.17) is 5.73 Å². The van der Waals surface area contributed by atoms with Crippen molar-refractivity contribution in [3.63, 3.8) is 0 Å². The van der Waals surface area contributed by atoms with Crippen LogP contribution < -0.4 is 11.1 Å². The number of guanidine groups is 1. The van der Waals surface area contributed by atoms with E-state index in [1.807, 2.05) is 4.57 Å². The van der Waals surface area contributed by atoms with Gasteiger partial charge in [-0.25, -0.2) is 0 Å². The molecule has 1 aromatic rings. The lowest BCUT2D eigenvalue weighted by atomic mass is 10.3. The summed E-state index contributed by atoms with van der Waals surface area (Å²) in [4.78, 5) is 4.27. The van der Waals surface area contributed by atoms with E-state index in [0.717, 1.165) is 25.2 Å². The topological polar surface area (TPSA) is 81.1 Å². The number of rotatable bonds is 6. The normalized spacial score (nSPS) is 12.9. The molecule has 18 heavy (non-hydrogen) atoms. The van der Waals surface area contributed by atoms with E-state index in [1.54, 1.807) is 6.33 Å². The van der Waals surface area contributed by atoms with E-state index in [9.17, 15) is 0 Å². The molecule has 3 N–H and O–H groups in total. The standard InChI is InChI=1S/C11H22N6.HI/c1-4-9(3)15-11(12)13-6-7-17-8-14-16-10(17)5-2;/h8-9H,4-7H2,1-3H3,(H3,12,13,15);1H. The summed E-state index contributed by atoms with van der Waals surface area (Å²) in [5.41, 5.74) is 5.76. The Morgan fingerprint density at radius 3 is 2.89 bits per heavy atom. The number of nitrogens with zero attached hydrogens (tertiary/aromatic N) is 4. The molecule has 6 nitrogen and oxygen atoms in total. The molecule has 0 bridgehead atoms. The Hall–Kier alpha value is -0.860. The van der Waals surface area contributed by atoms with Gasteiger partial charge in [0.2, 0.25) is 0 Å². The number of hydrogen-bond donors (Lipinski definition) is 2. The van der Waals surface area contributed by atoms with Gasteiger partial charge in [-0.15, -0.1) is 34.2 Å².